The molecule has 0 aliphatic heterocycles. The van der Waals surface area contributed by atoms with Gasteiger partial charge in [-0.05, 0) is 13.8 Å². The van der Waals surface area contributed by atoms with E-state index in [4.69, 9.17) is 23.2 Å². The first-order chi connectivity index (χ1) is 7.01. The van der Waals surface area contributed by atoms with Gasteiger partial charge in [-0.3, -0.25) is 0 Å². The standard InChI is InChI=1S/C7H14Cl2O5S2/c1-5(8)15(11,12)4-3-7(10)16(13,14)6(2)9/h5-7,10H,3-4H2,1-2H3/t5-,6+,7-/m1/s1. The van der Waals surface area contributed by atoms with Gasteiger partial charge in [-0.25, -0.2) is 16.8 Å². The molecular formula is C7H14Cl2O5S2. The highest BCUT2D eigenvalue weighted by molar-refractivity contribution is 7.94. The van der Waals surface area contributed by atoms with Gasteiger partial charge >= 0.3 is 0 Å². The molecule has 0 amide bonds. The molecule has 1 N–H and O–H groups in total. The van der Waals surface area contributed by atoms with Gasteiger partial charge in [0.15, 0.2) is 25.1 Å². The first-order valence-electron chi connectivity index (χ1n) is 4.42. The third kappa shape index (κ3) is 4.37. The van der Waals surface area contributed by atoms with Gasteiger partial charge in [0.05, 0.1) is 5.75 Å². The number of aliphatic hydroxyl groups excluding tert-OH is 1. The summed E-state index contributed by atoms with van der Waals surface area (Å²) in [6.07, 6.45) is -0.432. The molecule has 98 valence electrons. The molecular weight excluding hydrogens is 299 g/mol. The van der Waals surface area contributed by atoms with Crippen LogP contribution in [0, 0.1) is 0 Å². The molecule has 0 aromatic heterocycles. The minimum absolute atomic E-state index is 0.432. The van der Waals surface area contributed by atoms with E-state index in [-0.39, 0.29) is 0 Å². The normalized spacial score (nSPS) is 19.1. The van der Waals surface area contributed by atoms with Crippen LogP contribution in [0.15, 0.2) is 0 Å². The summed E-state index contributed by atoms with van der Waals surface area (Å²) in [5.74, 6) is -0.498. The summed E-state index contributed by atoms with van der Waals surface area (Å²) in [6, 6.07) is 0. The first kappa shape index (κ1) is 16.4. The van der Waals surface area contributed by atoms with Gasteiger partial charge in [-0.15, -0.1) is 23.2 Å². The lowest BCUT2D eigenvalue weighted by Gasteiger charge is -2.14. The summed E-state index contributed by atoms with van der Waals surface area (Å²) in [5.41, 5.74) is -1.79. The average Bonchev–Trinajstić information content (AvgIpc) is 2.13. The molecule has 16 heavy (non-hydrogen) atoms. The molecule has 0 radical (unpaired) electrons. The van der Waals surface area contributed by atoms with Gasteiger partial charge in [0.1, 0.15) is 9.42 Å². The van der Waals surface area contributed by atoms with Crippen molar-refractivity contribution in [3.05, 3.63) is 0 Å². The van der Waals surface area contributed by atoms with Gasteiger partial charge in [0.25, 0.3) is 0 Å². The molecule has 0 spiro atoms. The van der Waals surface area contributed by atoms with Gasteiger partial charge in [-0.1, -0.05) is 0 Å². The summed E-state index contributed by atoms with van der Waals surface area (Å²) < 4.78 is 42.8. The fourth-order valence-corrected chi connectivity index (χ4v) is 3.34. The van der Waals surface area contributed by atoms with E-state index in [1.54, 1.807) is 0 Å². The number of rotatable bonds is 6. The van der Waals surface area contributed by atoms with Crippen LogP contribution >= 0.6 is 23.2 Å². The van der Waals surface area contributed by atoms with E-state index >= 15 is 0 Å². The van der Waals surface area contributed by atoms with Crippen molar-refractivity contribution in [1.29, 1.82) is 0 Å². The number of alkyl halides is 2. The van der Waals surface area contributed by atoms with E-state index in [0.29, 0.717) is 0 Å². The molecule has 9 heteroatoms. The zero-order chi connectivity index (χ0) is 13.1. The average molecular weight is 313 g/mol. The van der Waals surface area contributed by atoms with Crippen LogP contribution in [-0.2, 0) is 19.7 Å². The first-order valence-corrected chi connectivity index (χ1v) is 8.62. The van der Waals surface area contributed by atoms with Crippen LogP contribution in [0.2, 0.25) is 0 Å². The fourth-order valence-electron chi connectivity index (χ4n) is 0.808. The van der Waals surface area contributed by atoms with Crippen LogP contribution in [0.25, 0.3) is 0 Å². The van der Waals surface area contributed by atoms with E-state index in [9.17, 15) is 21.9 Å². The van der Waals surface area contributed by atoms with Crippen molar-refractivity contribution in [2.45, 2.75) is 35.1 Å². The number of sulfone groups is 2. The van der Waals surface area contributed by atoms with Crippen LogP contribution in [-0.4, -0.2) is 42.5 Å². The zero-order valence-corrected chi connectivity index (χ0v) is 11.9. The van der Waals surface area contributed by atoms with Crippen molar-refractivity contribution in [2.24, 2.45) is 0 Å². The summed E-state index contributed by atoms with van der Waals surface area (Å²) in [7, 11) is -7.49. The Balaban J connectivity index is 4.58. The lowest BCUT2D eigenvalue weighted by atomic mass is 10.5. The molecule has 0 bridgehead atoms. The molecule has 0 aromatic rings. The van der Waals surface area contributed by atoms with Crippen LogP contribution in [0.4, 0.5) is 0 Å². The second kappa shape index (κ2) is 5.86. The molecule has 0 aliphatic carbocycles. The van der Waals surface area contributed by atoms with E-state index in [2.05, 4.69) is 0 Å². The zero-order valence-electron chi connectivity index (χ0n) is 8.80. The second-order valence-corrected chi connectivity index (χ2v) is 9.98. The Kier molecular flexibility index (Phi) is 6.02. The maximum absolute atomic E-state index is 11.3. The molecule has 0 aliphatic rings. The highest BCUT2D eigenvalue weighted by atomic mass is 35.5. The van der Waals surface area contributed by atoms with Gasteiger partial charge in [-0.2, -0.15) is 0 Å². The number of aliphatic hydroxyl groups is 1. The van der Waals surface area contributed by atoms with Crippen LogP contribution in [0.5, 0.6) is 0 Å². The van der Waals surface area contributed by atoms with Gasteiger partial charge in [0.2, 0.25) is 0 Å². The summed E-state index contributed by atoms with van der Waals surface area (Å²) in [5, 5.41) is 9.31. The minimum atomic E-state index is -3.91. The second-order valence-electron chi connectivity index (χ2n) is 3.29. The maximum Gasteiger partial charge on any atom is 0.193 e. The van der Waals surface area contributed by atoms with Crippen LogP contribution in [0.3, 0.4) is 0 Å². The predicted molar refractivity (Wildman–Crippen MR) is 64.0 cm³/mol. The Hall–Kier alpha value is 0.440. The van der Waals surface area contributed by atoms with Crippen molar-refractivity contribution in [1.82, 2.24) is 0 Å². The molecule has 0 unspecified atom stereocenters. The van der Waals surface area contributed by atoms with Crippen LogP contribution in [0.1, 0.15) is 20.3 Å². The predicted octanol–water partition coefficient (Wildman–Crippen LogP) is 0.694. The highest BCUT2D eigenvalue weighted by Gasteiger charge is 2.30. The Morgan fingerprint density at radius 3 is 1.81 bits per heavy atom. The molecule has 0 rings (SSSR count). The number of hydrogen-bond acceptors (Lipinski definition) is 5. The fraction of sp³-hybridized carbons (Fsp3) is 1.00. The Labute approximate surface area is 106 Å². The molecule has 3 atom stereocenters. The molecule has 0 fully saturated rings. The summed E-state index contributed by atoms with van der Waals surface area (Å²) in [6.45, 7) is 2.46. The van der Waals surface area contributed by atoms with E-state index in [1.807, 2.05) is 0 Å². The smallest absolute Gasteiger partial charge is 0.193 e. The Bertz CT molecular complexity index is 412. The Morgan fingerprint density at radius 2 is 1.50 bits per heavy atom. The molecule has 0 heterocycles. The lowest BCUT2D eigenvalue weighted by Crippen LogP contribution is -2.30. The number of halogens is 2. The molecule has 0 saturated heterocycles. The largest absolute Gasteiger partial charge is 0.377 e. The van der Waals surface area contributed by atoms with Gasteiger partial charge < -0.3 is 5.11 Å². The topological polar surface area (TPSA) is 88.5 Å². The SMILES string of the molecule is C[C@H](Cl)S(=O)(=O)CC[C@H](O)S(=O)(=O)[C@@H](C)Cl. The summed E-state index contributed by atoms with van der Waals surface area (Å²) >= 11 is 10.7. The Morgan fingerprint density at radius 1 is 1.06 bits per heavy atom. The summed E-state index contributed by atoms with van der Waals surface area (Å²) in [4.78, 5) is 0. The number of hydrogen-bond donors (Lipinski definition) is 1. The van der Waals surface area contributed by atoms with E-state index < -0.39 is 46.7 Å². The third-order valence-corrected chi connectivity index (χ3v) is 7.23. The van der Waals surface area contributed by atoms with Crippen molar-refractivity contribution in [3.63, 3.8) is 0 Å². The van der Waals surface area contributed by atoms with Crippen LogP contribution < -0.4 is 0 Å². The quantitative estimate of drug-likeness (QED) is 0.729. The lowest BCUT2D eigenvalue weighted by molar-refractivity contribution is 0.245. The van der Waals surface area contributed by atoms with Crippen molar-refractivity contribution in [2.75, 3.05) is 5.75 Å². The van der Waals surface area contributed by atoms with Crippen molar-refractivity contribution >= 4 is 42.9 Å². The highest BCUT2D eigenvalue weighted by Crippen LogP contribution is 2.16. The maximum atomic E-state index is 11.3. The van der Waals surface area contributed by atoms with E-state index in [1.165, 1.54) is 13.8 Å². The molecule has 0 aromatic carbocycles. The van der Waals surface area contributed by atoms with E-state index in [0.717, 1.165) is 0 Å². The van der Waals surface area contributed by atoms with Gasteiger partial charge in [0, 0.05) is 6.42 Å². The molecule has 5 nitrogen and oxygen atoms in total. The monoisotopic (exact) mass is 312 g/mol. The minimum Gasteiger partial charge on any atom is -0.377 e. The third-order valence-electron chi connectivity index (χ3n) is 1.98. The van der Waals surface area contributed by atoms with Crippen molar-refractivity contribution < 1.29 is 21.9 Å². The molecule has 0 saturated carbocycles. The van der Waals surface area contributed by atoms with Crippen molar-refractivity contribution in [3.8, 4) is 0 Å².